The normalized spacial score (nSPS) is 23.2. The van der Waals surface area contributed by atoms with Crippen molar-refractivity contribution in [3.63, 3.8) is 0 Å². The molecule has 4 heteroatoms. The van der Waals surface area contributed by atoms with Gasteiger partial charge in [-0.1, -0.05) is 0 Å². The highest BCUT2D eigenvalue weighted by molar-refractivity contribution is 5.80. The van der Waals surface area contributed by atoms with E-state index in [2.05, 4.69) is 5.32 Å². The molecule has 0 aliphatic carbocycles. The van der Waals surface area contributed by atoms with Crippen LogP contribution in [0.5, 0.6) is 0 Å². The van der Waals surface area contributed by atoms with Crippen molar-refractivity contribution in [1.29, 1.82) is 0 Å². The average molecular weight is 200 g/mol. The Bertz CT molecular complexity index is 193. The number of hydrogen-bond acceptors (Lipinski definition) is 3. The number of nitrogens with one attached hydrogen (secondary N) is 1. The van der Waals surface area contributed by atoms with Gasteiger partial charge in [0.2, 0.25) is 5.91 Å². The zero-order chi connectivity index (χ0) is 10.6. The Kier molecular flexibility index (Phi) is 3.89. The summed E-state index contributed by atoms with van der Waals surface area (Å²) in [5, 5.41) is 2.80. The monoisotopic (exact) mass is 200 g/mol. The van der Waals surface area contributed by atoms with Crippen LogP contribution >= 0.6 is 0 Å². The van der Waals surface area contributed by atoms with Crippen LogP contribution in [-0.4, -0.2) is 30.7 Å². The number of amides is 1. The minimum atomic E-state index is -0.357. The average Bonchev–Trinajstić information content (AvgIpc) is 2.14. The molecule has 1 heterocycles. The Hall–Kier alpha value is -0.610. The van der Waals surface area contributed by atoms with E-state index in [1.165, 1.54) is 0 Å². The summed E-state index contributed by atoms with van der Waals surface area (Å²) in [6, 6.07) is 0. The predicted molar refractivity (Wildman–Crippen MR) is 54.9 cm³/mol. The molecule has 14 heavy (non-hydrogen) atoms. The van der Waals surface area contributed by atoms with Gasteiger partial charge in [0.05, 0.1) is 0 Å². The zero-order valence-electron chi connectivity index (χ0n) is 9.01. The van der Waals surface area contributed by atoms with Crippen molar-refractivity contribution in [2.75, 3.05) is 13.2 Å². The lowest BCUT2D eigenvalue weighted by Crippen LogP contribution is -2.48. The summed E-state index contributed by atoms with van der Waals surface area (Å²) in [5.41, 5.74) is 5.40. The van der Waals surface area contributed by atoms with Crippen molar-refractivity contribution in [3.8, 4) is 0 Å². The van der Waals surface area contributed by atoms with E-state index >= 15 is 0 Å². The molecule has 0 aromatic carbocycles. The second-order valence-electron chi connectivity index (χ2n) is 4.56. The van der Waals surface area contributed by atoms with E-state index in [1.54, 1.807) is 0 Å². The summed E-state index contributed by atoms with van der Waals surface area (Å²) in [4.78, 5) is 11.6. The fourth-order valence-corrected chi connectivity index (χ4v) is 1.38. The van der Waals surface area contributed by atoms with Crippen LogP contribution in [0.1, 0.15) is 33.1 Å². The van der Waals surface area contributed by atoms with E-state index in [4.69, 9.17) is 10.5 Å². The third kappa shape index (κ3) is 4.07. The molecule has 1 unspecified atom stereocenters. The molecule has 1 saturated heterocycles. The molecule has 3 N–H and O–H groups in total. The Labute approximate surface area is 85.2 Å². The second kappa shape index (κ2) is 4.75. The summed E-state index contributed by atoms with van der Waals surface area (Å²) in [6.45, 7) is 4.96. The van der Waals surface area contributed by atoms with E-state index in [-0.39, 0.29) is 17.6 Å². The summed E-state index contributed by atoms with van der Waals surface area (Å²) in [7, 11) is 0. The first-order valence-electron chi connectivity index (χ1n) is 5.17. The first kappa shape index (κ1) is 11.5. The van der Waals surface area contributed by atoms with E-state index in [0.29, 0.717) is 13.2 Å². The molecule has 1 aliphatic rings. The van der Waals surface area contributed by atoms with Gasteiger partial charge in [0.1, 0.15) is 6.10 Å². The number of hydrogen-bond donors (Lipinski definition) is 2. The number of rotatable bonds is 3. The molecule has 1 atom stereocenters. The van der Waals surface area contributed by atoms with Gasteiger partial charge in [0.25, 0.3) is 0 Å². The largest absolute Gasteiger partial charge is 0.368 e. The molecule has 0 aromatic rings. The van der Waals surface area contributed by atoms with E-state index in [9.17, 15) is 4.79 Å². The van der Waals surface area contributed by atoms with Crippen LogP contribution in [-0.2, 0) is 9.53 Å². The molecular weight excluding hydrogens is 180 g/mol. The number of carbonyl (C=O) groups excluding carboxylic acids is 1. The summed E-state index contributed by atoms with van der Waals surface area (Å²) < 4.78 is 5.35. The lowest BCUT2D eigenvalue weighted by molar-refractivity contribution is -0.135. The molecule has 1 aliphatic heterocycles. The van der Waals surface area contributed by atoms with Gasteiger partial charge in [-0.25, -0.2) is 0 Å². The number of nitrogens with two attached hydrogens (primary N) is 1. The highest BCUT2D eigenvalue weighted by Crippen LogP contribution is 2.12. The minimum Gasteiger partial charge on any atom is -0.368 e. The number of ether oxygens (including phenoxy) is 1. The second-order valence-corrected chi connectivity index (χ2v) is 4.56. The highest BCUT2D eigenvalue weighted by Gasteiger charge is 2.22. The molecule has 1 fully saturated rings. The summed E-state index contributed by atoms with van der Waals surface area (Å²) >= 11 is 0. The fourth-order valence-electron chi connectivity index (χ4n) is 1.38. The van der Waals surface area contributed by atoms with Crippen molar-refractivity contribution in [2.24, 2.45) is 5.73 Å². The molecule has 82 valence electrons. The standard InChI is InChI=1S/C10H20N2O2/c1-10(2,11)7-12-9(13)8-5-3-4-6-14-8/h8H,3-7,11H2,1-2H3,(H,12,13). The molecule has 1 amide bonds. The lowest BCUT2D eigenvalue weighted by Gasteiger charge is -2.24. The Morgan fingerprint density at radius 1 is 1.57 bits per heavy atom. The summed E-state index contributed by atoms with van der Waals surface area (Å²) in [5.74, 6) is -0.0248. The molecule has 0 spiro atoms. The van der Waals surface area contributed by atoms with E-state index in [0.717, 1.165) is 19.3 Å². The van der Waals surface area contributed by atoms with Crippen LogP contribution in [0.4, 0.5) is 0 Å². The van der Waals surface area contributed by atoms with Crippen LogP contribution < -0.4 is 11.1 Å². The Balaban J connectivity index is 2.27. The molecule has 0 saturated carbocycles. The Morgan fingerprint density at radius 2 is 2.29 bits per heavy atom. The minimum absolute atomic E-state index is 0.0248. The van der Waals surface area contributed by atoms with Gasteiger partial charge in [-0.05, 0) is 33.1 Å². The first-order valence-corrected chi connectivity index (χ1v) is 5.17. The quantitative estimate of drug-likeness (QED) is 0.693. The molecular formula is C10H20N2O2. The van der Waals surface area contributed by atoms with Crippen LogP contribution in [0.25, 0.3) is 0 Å². The van der Waals surface area contributed by atoms with Crippen LogP contribution in [0.2, 0.25) is 0 Å². The van der Waals surface area contributed by atoms with Gasteiger partial charge < -0.3 is 15.8 Å². The van der Waals surface area contributed by atoms with Crippen LogP contribution in [0.3, 0.4) is 0 Å². The van der Waals surface area contributed by atoms with Crippen LogP contribution in [0.15, 0.2) is 0 Å². The van der Waals surface area contributed by atoms with Gasteiger partial charge in [-0.3, -0.25) is 4.79 Å². The predicted octanol–water partition coefficient (Wildman–Crippen LogP) is 0.409. The SMILES string of the molecule is CC(C)(N)CNC(=O)C1CCCCO1. The Morgan fingerprint density at radius 3 is 2.79 bits per heavy atom. The van der Waals surface area contributed by atoms with Gasteiger partial charge in [0.15, 0.2) is 0 Å². The maximum absolute atomic E-state index is 11.6. The van der Waals surface area contributed by atoms with Crippen LogP contribution in [0, 0.1) is 0 Å². The van der Waals surface area contributed by atoms with Gasteiger partial charge in [-0.15, -0.1) is 0 Å². The first-order chi connectivity index (χ1) is 6.49. The highest BCUT2D eigenvalue weighted by atomic mass is 16.5. The van der Waals surface area contributed by atoms with Crippen molar-refractivity contribution in [3.05, 3.63) is 0 Å². The van der Waals surface area contributed by atoms with Crippen molar-refractivity contribution < 1.29 is 9.53 Å². The van der Waals surface area contributed by atoms with Crippen molar-refractivity contribution >= 4 is 5.91 Å². The fraction of sp³-hybridized carbons (Fsp3) is 0.900. The van der Waals surface area contributed by atoms with Crippen molar-refractivity contribution in [2.45, 2.75) is 44.8 Å². The van der Waals surface area contributed by atoms with Gasteiger partial charge in [0, 0.05) is 18.7 Å². The van der Waals surface area contributed by atoms with Gasteiger partial charge >= 0.3 is 0 Å². The van der Waals surface area contributed by atoms with Gasteiger partial charge in [-0.2, -0.15) is 0 Å². The molecule has 0 aromatic heterocycles. The third-order valence-electron chi connectivity index (χ3n) is 2.19. The molecule has 0 radical (unpaired) electrons. The molecule has 1 rings (SSSR count). The summed E-state index contributed by atoms with van der Waals surface area (Å²) in [6.07, 6.45) is 2.71. The smallest absolute Gasteiger partial charge is 0.249 e. The maximum Gasteiger partial charge on any atom is 0.249 e. The van der Waals surface area contributed by atoms with E-state index in [1.807, 2.05) is 13.8 Å². The zero-order valence-corrected chi connectivity index (χ0v) is 9.01. The van der Waals surface area contributed by atoms with E-state index < -0.39 is 0 Å². The third-order valence-corrected chi connectivity index (χ3v) is 2.19. The van der Waals surface area contributed by atoms with Crippen molar-refractivity contribution in [1.82, 2.24) is 5.32 Å². The topological polar surface area (TPSA) is 64.3 Å². The molecule has 4 nitrogen and oxygen atoms in total. The molecule has 0 bridgehead atoms. The lowest BCUT2D eigenvalue weighted by atomic mass is 10.1. The maximum atomic E-state index is 11.6. The number of carbonyl (C=O) groups is 1.